The molecule has 132 valence electrons. The lowest BCUT2D eigenvalue weighted by molar-refractivity contribution is -0.123. The number of hydrogen-bond acceptors (Lipinski definition) is 4. The van der Waals surface area contributed by atoms with Gasteiger partial charge in [0.25, 0.3) is 5.56 Å². The van der Waals surface area contributed by atoms with E-state index >= 15 is 0 Å². The quantitative estimate of drug-likeness (QED) is 0.680. The lowest BCUT2D eigenvalue weighted by atomic mass is 9.97. The molecule has 0 radical (unpaired) electrons. The van der Waals surface area contributed by atoms with Crippen molar-refractivity contribution in [1.29, 1.82) is 0 Å². The highest BCUT2D eigenvalue weighted by molar-refractivity contribution is 5.82. The predicted molar refractivity (Wildman–Crippen MR) is 97.0 cm³/mol. The van der Waals surface area contributed by atoms with Gasteiger partial charge in [-0.25, -0.2) is 10.9 Å². The van der Waals surface area contributed by atoms with Crippen molar-refractivity contribution in [3.05, 3.63) is 68.6 Å². The number of hydrogen-bond donors (Lipinski definition) is 4. The summed E-state index contributed by atoms with van der Waals surface area (Å²) in [5.74, 6) is -0.108. The first-order chi connectivity index (χ1) is 12.0. The van der Waals surface area contributed by atoms with E-state index in [9.17, 15) is 9.59 Å². The van der Waals surface area contributed by atoms with Crippen molar-refractivity contribution in [3.8, 4) is 0 Å². The normalized spacial score (nSPS) is 19.8. The van der Waals surface area contributed by atoms with Crippen molar-refractivity contribution in [2.45, 2.75) is 45.8 Å². The Labute approximate surface area is 147 Å². The summed E-state index contributed by atoms with van der Waals surface area (Å²) in [5, 5.41) is 2.87. The molecule has 2 atom stereocenters. The molecule has 6 heteroatoms. The van der Waals surface area contributed by atoms with Gasteiger partial charge in [0.15, 0.2) is 0 Å². The molecule has 0 spiro atoms. The molecule has 2 heterocycles. The molecule has 3 rings (SSSR count). The summed E-state index contributed by atoms with van der Waals surface area (Å²) in [7, 11) is 0. The Morgan fingerprint density at radius 1 is 1.16 bits per heavy atom. The van der Waals surface area contributed by atoms with Crippen molar-refractivity contribution in [2.75, 3.05) is 0 Å². The number of nitrogens with one attached hydrogen (secondary N) is 4. The van der Waals surface area contributed by atoms with Crippen LogP contribution in [0.2, 0.25) is 0 Å². The summed E-state index contributed by atoms with van der Waals surface area (Å²) in [6, 6.07) is 9.83. The van der Waals surface area contributed by atoms with E-state index in [2.05, 4.69) is 40.2 Å². The Balaban J connectivity index is 1.62. The summed E-state index contributed by atoms with van der Waals surface area (Å²) >= 11 is 0. The van der Waals surface area contributed by atoms with Gasteiger partial charge in [0.05, 0.1) is 0 Å². The number of H-pyrrole nitrogens is 1. The minimum atomic E-state index is -0.325. The van der Waals surface area contributed by atoms with E-state index < -0.39 is 0 Å². The highest BCUT2D eigenvalue weighted by atomic mass is 16.2. The highest BCUT2D eigenvalue weighted by Gasteiger charge is 2.30. The van der Waals surface area contributed by atoms with Crippen molar-refractivity contribution in [1.82, 2.24) is 21.2 Å². The number of hydrazine groups is 1. The van der Waals surface area contributed by atoms with Crippen molar-refractivity contribution in [2.24, 2.45) is 0 Å². The molecular formula is C19H24N4O2. The number of carbonyl (C=O) groups is 1. The molecule has 0 bridgehead atoms. The van der Waals surface area contributed by atoms with Crippen LogP contribution in [-0.2, 0) is 11.3 Å². The van der Waals surface area contributed by atoms with Crippen molar-refractivity contribution >= 4 is 5.91 Å². The molecule has 6 nitrogen and oxygen atoms in total. The topological polar surface area (TPSA) is 86.0 Å². The molecule has 1 amide bonds. The number of rotatable bonds is 4. The second kappa shape index (κ2) is 7.21. The zero-order valence-electron chi connectivity index (χ0n) is 14.8. The Kier molecular flexibility index (Phi) is 5.01. The smallest absolute Gasteiger partial charge is 0.253 e. The molecule has 1 fully saturated rings. The van der Waals surface area contributed by atoms with Crippen LogP contribution in [0.15, 0.2) is 35.1 Å². The van der Waals surface area contributed by atoms with Gasteiger partial charge in [-0.1, -0.05) is 24.3 Å². The van der Waals surface area contributed by atoms with Crippen LogP contribution in [0.4, 0.5) is 0 Å². The number of amides is 1. The van der Waals surface area contributed by atoms with Gasteiger partial charge in [-0.2, -0.15) is 0 Å². The van der Waals surface area contributed by atoms with Gasteiger partial charge in [-0.15, -0.1) is 0 Å². The van der Waals surface area contributed by atoms with E-state index in [0.29, 0.717) is 12.0 Å². The van der Waals surface area contributed by atoms with Gasteiger partial charge in [0.2, 0.25) is 5.91 Å². The third kappa shape index (κ3) is 3.81. The average molecular weight is 340 g/mol. The SMILES string of the molecule is Cc1cc(C)c(CNC(=O)C2CC(c3ccccc3C)NN2)c(=O)[nH]1. The molecule has 1 aromatic carbocycles. The molecule has 1 aliphatic rings. The Hall–Kier alpha value is -2.44. The third-order valence-electron chi connectivity index (χ3n) is 4.72. The average Bonchev–Trinajstić information content (AvgIpc) is 3.04. The van der Waals surface area contributed by atoms with E-state index in [0.717, 1.165) is 11.3 Å². The summed E-state index contributed by atoms with van der Waals surface area (Å²) in [4.78, 5) is 27.3. The predicted octanol–water partition coefficient (Wildman–Crippen LogP) is 1.52. The van der Waals surface area contributed by atoms with Gasteiger partial charge in [-0.05, 0) is 49.9 Å². The molecule has 0 saturated carbocycles. The van der Waals surface area contributed by atoms with E-state index in [-0.39, 0.29) is 30.1 Å². The second-order valence-electron chi connectivity index (χ2n) is 6.65. The molecule has 0 aliphatic carbocycles. The van der Waals surface area contributed by atoms with Crippen molar-refractivity contribution in [3.63, 3.8) is 0 Å². The number of carbonyl (C=O) groups excluding carboxylic acids is 1. The minimum Gasteiger partial charge on any atom is -0.350 e. The largest absolute Gasteiger partial charge is 0.350 e. The van der Waals surface area contributed by atoms with E-state index in [4.69, 9.17) is 0 Å². The maximum atomic E-state index is 12.4. The molecule has 2 unspecified atom stereocenters. The molecule has 1 aromatic heterocycles. The number of aromatic nitrogens is 1. The Bertz CT molecular complexity index is 844. The van der Waals surface area contributed by atoms with Crippen LogP contribution in [0, 0.1) is 20.8 Å². The van der Waals surface area contributed by atoms with Crippen LogP contribution in [-0.4, -0.2) is 16.9 Å². The summed E-state index contributed by atoms with van der Waals surface area (Å²) in [6.07, 6.45) is 0.667. The van der Waals surface area contributed by atoms with Gasteiger partial charge in [0.1, 0.15) is 6.04 Å². The highest BCUT2D eigenvalue weighted by Crippen LogP contribution is 2.24. The molecular weight excluding hydrogens is 316 g/mol. The second-order valence-corrected chi connectivity index (χ2v) is 6.65. The Morgan fingerprint density at radius 3 is 2.64 bits per heavy atom. The first-order valence-corrected chi connectivity index (χ1v) is 8.49. The van der Waals surface area contributed by atoms with Gasteiger partial charge in [-0.3, -0.25) is 9.59 Å². The summed E-state index contributed by atoms with van der Waals surface area (Å²) in [6.45, 7) is 6.02. The van der Waals surface area contributed by atoms with E-state index in [1.54, 1.807) is 0 Å². The number of aryl methyl sites for hydroxylation is 3. The van der Waals surface area contributed by atoms with Gasteiger partial charge < -0.3 is 10.3 Å². The fourth-order valence-electron chi connectivity index (χ4n) is 3.31. The van der Waals surface area contributed by atoms with E-state index in [1.807, 2.05) is 32.0 Å². The van der Waals surface area contributed by atoms with E-state index in [1.165, 1.54) is 11.1 Å². The third-order valence-corrected chi connectivity index (χ3v) is 4.72. The van der Waals surface area contributed by atoms with Gasteiger partial charge in [0, 0.05) is 23.8 Å². The lowest BCUT2D eigenvalue weighted by Gasteiger charge is -2.13. The number of pyridine rings is 1. The maximum absolute atomic E-state index is 12.4. The molecule has 2 aromatic rings. The Morgan fingerprint density at radius 2 is 1.92 bits per heavy atom. The van der Waals surface area contributed by atoms with Crippen molar-refractivity contribution < 1.29 is 4.79 Å². The number of benzene rings is 1. The lowest BCUT2D eigenvalue weighted by Crippen LogP contribution is -2.43. The van der Waals surface area contributed by atoms with Crippen LogP contribution in [0.5, 0.6) is 0 Å². The molecule has 25 heavy (non-hydrogen) atoms. The summed E-state index contributed by atoms with van der Waals surface area (Å²) in [5.41, 5.74) is 10.8. The standard InChI is InChI=1S/C19H24N4O2/c1-11-6-4-5-7-14(11)16-9-17(23-22-16)19(25)20-10-15-12(2)8-13(3)21-18(15)24/h4-8,16-17,22-23H,9-10H2,1-3H3,(H,20,25)(H,21,24). The van der Waals surface area contributed by atoms with Crippen LogP contribution in [0.3, 0.4) is 0 Å². The first kappa shape index (κ1) is 17.4. The van der Waals surface area contributed by atoms with Crippen LogP contribution in [0.1, 0.15) is 40.4 Å². The summed E-state index contributed by atoms with van der Waals surface area (Å²) < 4.78 is 0. The monoisotopic (exact) mass is 340 g/mol. The fourth-order valence-corrected chi connectivity index (χ4v) is 3.31. The maximum Gasteiger partial charge on any atom is 0.253 e. The first-order valence-electron chi connectivity index (χ1n) is 8.49. The fraction of sp³-hybridized carbons (Fsp3) is 0.368. The zero-order valence-corrected chi connectivity index (χ0v) is 14.8. The van der Waals surface area contributed by atoms with Crippen LogP contribution < -0.4 is 21.7 Å². The van der Waals surface area contributed by atoms with Crippen LogP contribution >= 0.6 is 0 Å². The minimum absolute atomic E-state index is 0.0986. The van der Waals surface area contributed by atoms with Crippen LogP contribution in [0.25, 0.3) is 0 Å². The molecule has 1 aliphatic heterocycles. The molecule has 1 saturated heterocycles. The number of aromatic amines is 1. The zero-order chi connectivity index (χ0) is 18.0. The molecule has 4 N–H and O–H groups in total. The van der Waals surface area contributed by atoms with Gasteiger partial charge >= 0.3 is 0 Å².